The second-order valence-corrected chi connectivity index (χ2v) is 6.18. The van der Waals surface area contributed by atoms with Gasteiger partial charge in [-0.25, -0.2) is 0 Å². The molecule has 1 saturated heterocycles. The number of hydrogen-bond donors (Lipinski definition) is 1. The average molecular weight is 316 g/mol. The van der Waals surface area contributed by atoms with Gasteiger partial charge in [0, 0.05) is 24.7 Å². The molecule has 0 bridgehead atoms. The van der Waals surface area contributed by atoms with E-state index < -0.39 is 6.36 Å². The highest BCUT2D eigenvalue weighted by atomic mass is 19.4. The van der Waals surface area contributed by atoms with Gasteiger partial charge >= 0.3 is 6.36 Å². The fourth-order valence-corrected chi connectivity index (χ4v) is 2.53. The van der Waals surface area contributed by atoms with Gasteiger partial charge in [-0.3, -0.25) is 4.79 Å². The van der Waals surface area contributed by atoms with E-state index in [1.165, 1.54) is 12.1 Å². The van der Waals surface area contributed by atoms with E-state index in [9.17, 15) is 18.0 Å². The molecule has 122 valence electrons. The molecule has 1 fully saturated rings. The van der Waals surface area contributed by atoms with Crippen molar-refractivity contribution in [3.05, 3.63) is 29.8 Å². The number of halogens is 3. The summed E-state index contributed by atoms with van der Waals surface area (Å²) in [6, 6.07) is 4.98. The monoisotopic (exact) mass is 316 g/mol. The van der Waals surface area contributed by atoms with Crippen LogP contribution in [-0.4, -0.2) is 36.3 Å². The standard InChI is InChI=1S/C15H19F3N2O2/c1-14(2)9-20(8-7-12(14)19)13(21)10-3-5-11(6-4-10)22-15(16,17)18/h3-6,12H,7-9,19H2,1-2H3. The minimum absolute atomic E-state index is 0.0270. The summed E-state index contributed by atoms with van der Waals surface area (Å²) in [4.78, 5) is 14.1. The van der Waals surface area contributed by atoms with Gasteiger partial charge in [-0.05, 0) is 36.1 Å². The summed E-state index contributed by atoms with van der Waals surface area (Å²) in [7, 11) is 0. The molecular formula is C15H19F3N2O2. The number of alkyl halides is 3. The van der Waals surface area contributed by atoms with Gasteiger partial charge in [0.15, 0.2) is 0 Å². The minimum Gasteiger partial charge on any atom is -0.406 e. The third-order valence-corrected chi connectivity index (χ3v) is 3.93. The van der Waals surface area contributed by atoms with Crippen LogP contribution in [0.5, 0.6) is 5.75 Å². The Hall–Kier alpha value is -1.76. The topological polar surface area (TPSA) is 55.6 Å². The molecule has 2 N–H and O–H groups in total. The third kappa shape index (κ3) is 3.91. The van der Waals surface area contributed by atoms with E-state index >= 15 is 0 Å². The molecule has 1 amide bonds. The molecule has 0 aromatic heterocycles. The van der Waals surface area contributed by atoms with Gasteiger partial charge in [0.25, 0.3) is 5.91 Å². The molecule has 1 aromatic rings. The fourth-order valence-electron chi connectivity index (χ4n) is 2.53. The minimum atomic E-state index is -4.74. The number of likely N-dealkylation sites (tertiary alicyclic amines) is 1. The third-order valence-electron chi connectivity index (χ3n) is 3.93. The Balaban J connectivity index is 2.07. The van der Waals surface area contributed by atoms with E-state index in [-0.39, 0.29) is 23.1 Å². The average Bonchev–Trinajstić information content (AvgIpc) is 2.40. The van der Waals surface area contributed by atoms with Crippen molar-refractivity contribution in [1.82, 2.24) is 4.90 Å². The smallest absolute Gasteiger partial charge is 0.406 e. The van der Waals surface area contributed by atoms with Crippen LogP contribution in [0.25, 0.3) is 0 Å². The lowest BCUT2D eigenvalue weighted by molar-refractivity contribution is -0.274. The maximum absolute atomic E-state index is 12.4. The summed E-state index contributed by atoms with van der Waals surface area (Å²) in [5.41, 5.74) is 6.18. The van der Waals surface area contributed by atoms with Crippen molar-refractivity contribution in [2.75, 3.05) is 13.1 Å². The first-order valence-electron chi connectivity index (χ1n) is 6.99. The Kier molecular flexibility index (Phi) is 4.37. The van der Waals surface area contributed by atoms with Crippen LogP contribution in [0.3, 0.4) is 0 Å². The molecule has 1 aromatic carbocycles. The summed E-state index contributed by atoms with van der Waals surface area (Å²) in [5, 5.41) is 0. The van der Waals surface area contributed by atoms with Gasteiger partial charge < -0.3 is 15.4 Å². The van der Waals surface area contributed by atoms with Crippen molar-refractivity contribution < 1.29 is 22.7 Å². The van der Waals surface area contributed by atoms with Gasteiger partial charge in [-0.2, -0.15) is 0 Å². The second-order valence-electron chi connectivity index (χ2n) is 6.18. The van der Waals surface area contributed by atoms with Crippen LogP contribution < -0.4 is 10.5 Å². The lowest BCUT2D eigenvalue weighted by atomic mass is 9.79. The lowest BCUT2D eigenvalue weighted by Crippen LogP contribution is -2.53. The SMILES string of the molecule is CC1(C)CN(C(=O)c2ccc(OC(F)(F)F)cc2)CCC1N. The van der Waals surface area contributed by atoms with E-state index in [0.29, 0.717) is 25.1 Å². The number of hydrogen-bond acceptors (Lipinski definition) is 3. The maximum atomic E-state index is 12.4. The molecule has 22 heavy (non-hydrogen) atoms. The summed E-state index contributed by atoms with van der Waals surface area (Å²) >= 11 is 0. The van der Waals surface area contributed by atoms with Crippen molar-refractivity contribution in [2.24, 2.45) is 11.1 Å². The largest absolute Gasteiger partial charge is 0.573 e. The zero-order valence-electron chi connectivity index (χ0n) is 12.5. The van der Waals surface area contributed by atoms with Crippen molar-refractivity contribution in [3.63, 3.8) is 0 Å². The van der Waals surface area contributed by atoms with Crippen LogP contribution in [0.1, 0.15) is 30.6 Å². The van der Waals surface area contributed by atoms with Crippen LogP contribution in [0.15, 0.2) is 24.3 Å². The van der Waals surface area contributed by atoms with Crippen LogP contribution in [-0.2, 0) is 0 Å². The van der Waals surface area contributed by atoms with Crippen molar-refractivity contribution in [2.45, 2.75) is 32.7 Å². The zero-order chi connectivity index (χ0) is 16.5. The Morgan fingerprint density at radius 3 is 2.41 bits per heavy atom. The Bertz CT molecular complexity index is 541. The van der Waals surface area contributed by atoms with E-state index in [4.69, 9.17) is 5.73 Å². The van der Waals surface area contributed by atoms with E-state index in [1.807, 2.05) is 13.8 Å². The van der Waals surface area contributed by atoms with Crippen molar-refractivity contribution in [1.29, 1.82) is 0 Å². The summed E-state index contributed by atoms with van der Waals surface area (Å²) in [5.74, 6) is -0.552. The number of piperidine rings is 1. The molecular weight excluding hydrogens is 297 g/mol. The number of benzene rings is 1. The molecule has 0 spiro atoms. The van der Waals surface area contributed by atoms with Crippen LogP contribution in [0.4, 0.5) is 13.2 Å². The molecule has 1 atom stereocenters. The lowest BCUT2D eigenvalue weighted by Gasteiger charge is -2.42. The molecule has 1 heterocycles. The fraction of sp³-hybridized carbons (Fsp3) is 0.533. The molecule has 0 radical (unpaired) electrons. The highest BCUT2D eigenvalue weighted by molar-refractivity contribution is 5.94. The molecule has 2 rings (SSSR count). The van der Waals surface area contributed by atoms with Crippen LogP contribution >= 0.6 is 0 Å². The predicted octanol–water partition coefficient (Wildman–Crippen LogP) is 2.78. The maximum Gasteiger partial charge on any atom is 0.573 e. The first kappa shape index (κ1) is 16.6. The molecule has 0 saturated carbocycles. The number of nitrogens with zero attached hydrogens (tertiary/aromatic N) is 1. The Morgan fingerprint density at radius 1 is 1.32 bits per heavy atom. The summed E-state index contributed by atoms with van der Waals surface area (Å²) in [6.07, 6.45) is -4.04. The summed E-state index contributed by atoms with van der Waals surface area (Å²) in [6.45, 7) is 5.06. The van der Waals surface area contributed by atoms with Crippen LogP contribution in [0, 0.1) is 5.41 Å². The first-order chi connectivity index (χ1) is 10.1. The number of carbonyl (C=O) groups excluding carboxylic acids is 1. The predicted molar refractivity (Wildman–Crippen MR) is 75.4 cm³/mol. The molecule has 0 aliphatic carbocycles. The number of ether oxygens (including phenoxy) is 1. The molecule has 1 unspecified atom stereocenters. The quantitative estimate of drug-likeness (QED) is 0.913. The van der Waals surface area contributed by atoms with Gasteiger partial charge in [0.1, 0.15) is 5.75 Å². The molecule has 7 heteroatoms. The Morgan fingerprint density at radius 2 is 1.91 bits per heavy atom. The normalized spacial score (nSPS) is 21.5. The zero-order valence-corrected chi connectivity index (χ0v) is 12.5. The first-order valence-corrected chi connectivity index (χ1v) is 6.99. The number of carbonyl (C=O) groups is 1. The molecule has 1 aliphatic rings. The Labute approximate surface area is 127 Å². The number of amides is 1. The van der Waals surface area contributed by atoms with Gasteiger partial charge in [-0.15, -0.1) is 13.2 Å². The molecule has 1 aliphatic heterocycles. The summed E-state index contributed by atoms with van der Waals surface area (Å²) < 4.78 is 40.1. The second kappa shape index (κ2) is 5.79. The molecule has 4 nitrogen and oxygen atoms in total. The van der Waals surface area contributed by atoms with Gasteiger partial charge in [0.2, 0.25) is 0 Å². The number of nitrogens with two attached hydrogens (primary N) is 1. The van der Waals surface area contributed by atoms with Gasteiger partial charge in [-0.1, -0.05) is 13.8 Å². The van der Waals surface area contributed by atoms with Gasteiger partial charge in [0.05, 0.1) is 0 Å². The van der Waals surface area contributed by atoms with E-state index in [2.05, 4.69) is 4.74 Å². The highest BCUT2D eigenvalue weighted by Crippen LogP contribution is 2.29. The van der Waals surface area contributed by atoms with Crippen molar-refractivity contribution >= 4 is 5.91 Å². The number of rotatable bonds is 2. The van der Waals surface area contributed by atoms with E-state index in [1.54, 1.807) is 4.90 Å². The van der Waals surface area contributed by atoms with Crippen LogP contribution in [0.2, 0.25) is 0 Å². The van der Waals surface area contributed by atoms with Crippen molar-refractivity contribution in [3.8, 4) is 5.75 Å². The van der Waals surface area contributed by atoms with E-state index in [0.717, 1.165) is 12.1 Å². The highest BCUT2D eigenvalue weighted by Gasteiger charge is 2.35.